The highest BCUT2D eigenvalue weighted by Crippen LogP contribution is 2.52. The van der Waals surface area contributed by atoms with Gasteiger partial charge in [0.25, 0.3) is 0 Å². The van der Waals surface area contributed by atoms with Crippen molar-refractivity contribution in [2.75, 3.05) is 32.2 Å². The molecule has 0 amide bonds. The van der Waals surface area contributed by atoms with E-state index < -0.39 is 24.1 Å². The lowest BCUT2D eigenvalue weighted by molar-refractivity contribution is -0.201. The van der Waals surface area contributed by atoms with Crippen LogP contribution in [0.25, 0.3) is 0 Å². The van der Waals surface area contributed by atoms with Crippen molar-refractivity contribution in [1.82, 2.24) is 0 Å². The van der Waals surface area contributed by atoms with Gasteiger partial charge in [0.2, 0.25) is 0 Å². The summed E-state index contributed by atoms with van der Waals surface area (Å²) in [6, 6.07) is 0. The number of rotatable bonds is 7. The number of aliphatic hydroxyl groups is 3. The Morgan fingerprint density at radius 2 is 2.11 bits per heavy atom. The third kappa shape index (κ3) is 2.69. The molecule has 2 aliphatic rings. The maximum atomic E-state index is 10.1. The van der Waals surface area contributed by atoms with Gasteiger partial charge in [0.15, 0.2) is 6.29 Å². The third-order valence-electron chi connectivity index (χ3n) is 3.49. The fraction of sp³-hybridized carbons (Fsp3) is 0.833. The van der Waals surface area contributed by atoms with Crippen LogP contribution in [0.3, 0.4) is 0 Å². The minimum Gasteiger partial charge on any atom is -0.394 e. The van der Waals surface area contributed by atoms with E-state index in [1.54, 1.807) is 6.92 Å². The molecule has 1 saturated carbocycles. The summed E-state index contributed by atoms with van der Waals surface area (Å²) in [6.07, 6.45) is -2.49. The summed E-state index contributed by atoms with van der Waals surface area (Å²) < 4.78 is 16.2. The molecule has 1 aliphatic carbocycles. The summed E-state index contributed by atoms with van der Waals surface area (Å²) in [5, 5.41) is 29.1. The van der Waals surface area contributed by atoms with Gasteiger partial charge in [-0.1, -0.05) is 0 Å². The van der Waals surface area contributed by atoms with Gasteiger partial charge in [-0.2, -0.15) is 12.6 Å². The number of thiol groups is 1. The second-order valence-corrected chi connectivity index (χ2v) is 5.12. The Kier molecular flexibility index (Phi) is 4.88. The maximum absolute atomic E-state index is 10.1. The molecular formula is C12H20O6S. The molecule has 7 heteroatoms. The van der Waals surface area contributed by atoms with Crippen molar-refractivity contribution in [2.45, 2.75) is 31.0 Å². The van der Waals surface area contributed by atoms with Crippen LogP contribution in [0.4, 0.5) is 0 Å². The average Bonchev–Trinajstić information content (AvgIpc) is 2.96. The first-order valence-corrected chi connectivity index (χ1v) is 6.88. The molecule has 0 radical (unpaired) electrons. The lowest BCUT2D eigenvalue weighted by Crippen LogP contribution is -2.44. The number of hydrogen-bond acceptors (Lipinski definition) is 7. The van der Waals surface area contributed by atoms with E-state index in [0.29, 0.717) is 36.7 Å². The van der Waals surface area contributed by atoms with Crippen LogP contribution in [0.5, 0.6) is 0 Å². The molecule has 6 nitrogen and oxygen atoms in total. The van der Waals surface area contributed by atoms with E-state index in [0.717, 1.165) is 0 Å². The van der Waals surface area contributed by atoms with Gasteiger partial charge in [0.1, 0.15) is 17.8 Å². The van der Waals surface area contributed by atoms with E-state index >= 15 is 0 Å². The van der Waals surface area contributed by atoms with Crippen LogP contribution in [-0.4, -0.2) is 71.6 Å². The summed E-state index contributed by atoms with van der Waals surface area (Å²) in [5.41, 5.74) is -0.283. The Hall–Kier alpha value is -0.150. The summed E-state index contributed by atoms with van der Waals surface area (Å²) in [5.74, 6) is 0.648. The van der Waals surface area contributed by atoms with Crippen molar-refractivity contribution in [2.24, 2.45) is 0 Å². The van der Waals surface area contributed by atoms with Crippen molar-refractivity contribution >= 4 is 12.6 Å². The third-order valence-corrected chi connectivity index (χ3v) is 3.68. The Morgan fingerprint density at radius 3 is 2.74 bits per heavy atom. The predicted octanol–water partition coefficient (Wildman–Crippen LogP) is -0.911. The zero-order valence-corrected chi connectivity index (χ0v) is 11.7. The molecule has 3 unspecified atom stereocenters. The van der Waals surface area contributed by atoms with Crippen LogP contribution >= 0.6 is 12.6 Å². The first-order chi connectivity index (χ1) is 9.07. The van der Waals surface area contributed by atoms with E-state index in [9.17, 15) is 15.3 Å². The van der Waals surface area contributed by atoms with Crippen molar-refractivity contribution < 1.29 is 29.5 Å². The van der Waals surface area contributed by atoms with E-state index in [2.05, 4.69) is 12.6 Å². The quantitative estimate of drug-likeness (QED) is 0.276. The highest BCUT2D eigenvalue weighted by molar-refractivity contribution is 7.80. The minimum absolute atomic E-state index is 0.329. The van der Waals surface area contributed by atoms with Crippen LogP contribution < -0.4 is 0 Å². The Balaban J connectivity index is 1.91. The first kappa shape index (κ1) is 15.2. The largest absolute Gasteiger partial charge is 0.394 e. The Labute approximate surface area is 117 Å². The molecule has 4 atom stereocenters. The summed E-state index contributed by atoms with van der Waals surface area (Å²) in [4.78, 5) is 0. The zero-order valence-electron chi connectivity index (χ0n) is 10.8. The molecule has 0 bridgehead atoms. The highest BCUT2D eigenvalue weighted by atomic mass is 32.1. The van der Waals surface area contributed by atoms with E-state index in [1.807, 2.05) is 0 Å². The van der Waals surface area contributed by atoms with Gasteiger partial charge < -0.3 is 29.5 Å². The predicted molar refractivity (Wildman–Crippen MR) is 70.0 cm³/mol. The molecule has 1 heterocycles. The maximum Gasteiger partial charge on any atom is 0.180 e. The van der Waals surface area contributed by atoms with Gasteiger partial charge in [-0.3, -0.25) is 0 Å². The van der Waals surface area contributed by atoms with Gasteiger partial charge >= 0.3 is 0 Å². The van der Waals surface area contributed by atoms with E-state index in [-0.39, 0.29) is 6.61 Å². The number of fused-ring (bicyclic) bond motifs is 1. The molecule has 1 aliphatic heterocycles. The molecule has 0 saturated heterocycles. The zero-order chi connectivity index (χ0) is 14.0. The smallest absolute Gasteiger partial charge is 0.180 e. The molecule has 110 valence electrons. The highest BCUT2D eigenvalue weighted by Gasteiger charge is 2.68. The lowest BCUT2D eigenvalue weighted by atomic mass is 10.1. The summed E-state index contributed by atoms with van der Waals surface area (Å²) in [7, 11) is 0. The molecule has 0 aromatic rings. The standard InChI is InChI=1S/C12H20O6S/c1-7-9-10(14)12(9,15)8(6-13)18-11(7)17-3-2-16-4-5-19/h8,10-11,13-15,19H,2-6H2,1H3/t8?,10?,11-,12?/m1/s1. The number of aliphatic hydroxyl groups excluding tert-OH is 2. The van der Waals surface area contributed by atoms with Gasteiger partial charge in [0, 0.05) is 11.3 Å². The van der Waals surface area contributed by atoms with Gasteiger partial charge in [0.05, 0.1) is 26.4 Å². The fourth-order valence-electron chi connectivity index (χ4n) is 2.41. The molecule has 1 fully saturated rings. The van der Waals surface area contributed by atoms with Crippen molar-refractivity contribution in [1.29, 1.82) is 0 Å². The first-order valence-electron chi connectivity index (χ1n) is 6.25. The fourth-order valence-corrected chi connectivity index (χ4v) is 2.54. The van der Waals surface area contributed by atoms with Crippen LogP contribution in [0, 0.1) is 0 Å². The normalized spacial score (nSPS) is 37.4. The molecule has 2 rings (SSSR count). The molecule has 0 spiro atoms. The van der Waals surface area contributed by atoms with Gasteiger partial charge in [-0.05, 0) is 12.5 Å². The minimum atomic E-state index is -1.44. The Bertz CT molecular complexity index is 360. The number of ether oxygens (including phenoxy) is 3. The second kappa shape index (κ2) is 6.09. The van der Waals surface area contributed by atoms with Crippen molar-refractivity contribution in [3.05, 3.63) is 11.1 Å². The monoisotopic (exact) mass is 292 g/mol. The number of hydrogen-bond donors (Lipinski definition) is 4. The molecule has 19 heavy (non-hydrogen) atoms. The van der Waals surface area contributed by atoms with E-state index in [1.165, 1.54) is 0 Å². The van der Waals surface area contributed by atoms with Crippen molar-refractivity contribution in [3.63, 3.8) is 0 Å². The van der Waals surface area contributed by atoms with Crippen LogP contribution in [0.1, 0.15) is 6.92 Å². The molecule has 0 aromatic carbocycles. The lowest BCUT2D eigenvalue weighted by Gasteiger charge is -2.31. The summed E-state index contributed by atoms with van der Waals surface area (Å²) >= 11 is 4.02. The SMILES string of the molecule is CC1=C2C(O)C2(O)C(CO)O[C@H]1OCCOCCS. The summed E-state index contributed by atoms with van der Waals surface area (Å²) in [6.45, 7) is 2.66. The van der Waals surface area contributed by atoms with Gasteiger partial charge in [-0.15, -0.1) is 0 Å². The molecule has 3 N–H and O–H groups in total. The topological polar surface area (TPSA) is 88.4 Å². The van der Waals surface area contributed by atoms with Crippen LogP contribution in [-0.2, 0) is 14.2 Å². The Morgan fingerprint density at radius 1 is 1.37 bits per heavy atom. The average molecular weight is 292 g/mol. The van der Waals surface area contributed by atoms with Crippen molar-refractivity contribution in [3.8, 4) is 0 Å². The van der Waals surface area contributed by atoms with E-state index in [4.69, 9.17) is 14.2 Å². The van der Waals surface area contributed by atoms with Gasteiger partial charge in [-0.25, -0.2) is 0 Å². The van der Waals surface area contributed by atoms with Crippen LogP contribution in [0.15, 0.2) is 11.1 Å². The molecular weight excluding hydrogens is 272 g/mol. The van der Waals surface area contributed by atoms with Crippen LogP contribution in [0.2, 0.25) is 0 Å². The second-order valence-electron chi connectivity index (χ2n) is 4.67. The molecule has 0 aromatic heterocycles.